The summed E-state index contributed by atoms with van der Waals surface area (Å²) >= 11 is 5.99. The fourth-order valence-corrected chi connectivity index (χ4v) is 2.85. The highest BCUT2D eigenvalue weighted by atomic mass is 35.5. The summed E-state index contributed by atoms with van der Waals surface area (Å²) in [4.78, 5) is 23.6. The number of rotatable bonds is 5. The molecule has 0 bridgehead atoms. The number of ether oxygens (including phenoxy) is 1. The molecule has 0 saturated heterocycles. The number of methoxy groups -OCH3 is 1. The van der Waals surface area contributed by atoms with Crippen LogP contribution in [-0.4, -0.2) is 31.6 Å². The van der Waals surface area contributed by atoms with Gasteiger partial charge in [-0.3, -0.25) is 4.79 Å². The molecule has 0 unspecified atom stereocenters. The van der Waals surface area contributed by atoms with Crippen molar-refractivity contribution in [3.8, 4) is 5.75 Å². The molecule has 1 aromatic rings. The van der Waals surface area contributed by atoms with Gasteiger partial charge in [0.05, 0.1) is 18.7 Å². The van der Waals surface area contributed by atoms with Crippen molar-refractivity contribution >= 4 is 29.2 Å². The van der Waals surface area contributed by atoms with Gasteiger partial charge in [0.25, 0.3) is 0 Å². The van der Waals surface area contributed by atoms with Crippen molar-refractivity contribution in [2.24, 2.45) is 0 Å². The van der Waals surface area contributed by atoms with E-state index in [0.29, 0.717) is 16.5 Å². The molecule has 1 fully saturated rings. The monoisotopic (exact) mass is 339 g/mol. The molecule has 0 atom stereocenters. The Morgan fingerprint density at radius 2 is 2.00 bits per heavy atom. The molecular weight excluding hydrogens is 318 g/mol. The summed E-state index contributed by atoms with van der Waals surface area (Å²) in [6.45, 7) is -0.0950. The molecule has 0 aromatic heterocycles. The number of halogens is 1. The quantitative estimate of drug-likeness (QED) is 0.771. The molecule has 0 aliphatic heterocycles. The van der Waals surface area contributed by atoms with Crippen LogP contribution < -0.4 is 20.7 Å². The predicted octanol–water partition coefficient (Wildman–Crippen LogP) is 2.92. The van der Waals surface area contributed by atoms with E-state index in [2.05, 4.69) is 16.0 Å². The van der Waals surface area contributed by atoms with Gasteiger partial charge in [-0.1, -0.05) is 30.9 Å². The minimum absolute atomic E-state index is 0.0950. The van der Waals surface area contributed by atoms with Gasteiger partial charge in [0.1, 0.15) is 5.75 Å². The van der Waals surface area contributed by atoms with E-state index in [9.17, 15) is 9.59 Å². The third kappa shape index (κ3) is 5.63. The van der Waals surface area contributed by atoms with Gasteiger partial charge >= 0.3 is 6.03 Å². The SMILES string of the molecule is COc1ccc(NC(=O)CNC(=O)NC2CCCCC2)cc1Cl. The van der Waals surface area contributed by atoms with E-state index in [1.807, 2.05) is 0 Å². The predicted molar refractivity (Wildman–Crippen MR) is 90.0 cm³/mol. The Hall–Kier alpha value is -1.95. The van der Waals surface area contributed by atoms with Gasteiger partial charge in [-0.25, -0.2) is 4.79 Å². The lowest BCUT2D eigenvalue weighted by molar-refractivity contribution is -0.115. The molecule has 1 aliphatic rings. The number of urea groups is 1. The van der Waals surface area contributed by atoms with Crippen molar-refractivity contribution in [1.82, 2.24) is 10.6 Å². The molecular formula is C16H22ClN3O3. The number of benzene rings is 1. The second-order valence-electron chi connectivity index (χ2n) is 5.56. The van der Waals surface area contributed by atoms with E-state index in [4.69, 9.17) is 16.3 Å². The standard InChI is InChI=1S/C16H22ClN3O3/c1-23-14-8-7-12(9-13(14)17)19-15(21)10-18-16(22)20-11-5-3-2-4-6-11/h7-9,11H,2-6,10H2,1H3,(H,19,21)(H2,18,20,22). The molecule has 0 radical (unpaired) electrons. The number of hydrogen-bond donors (Lipinski definition) is 3. The Balaban J connectivity index is 1.73. The minimum Gasteiger partial charge on any atom is -0.495 e. The molecule has 3 N–H and O–H groups in total. The van der Waals surface area contributed by atoms with Crippen molar-refractivity contribution in [1.29, 1.82) is 0 Å². The van der Waals surface area contributed by atoms with Crippen LogP contribution in [0.25, 0.3) is 0 Å². The summed E-state index contributed by atoms with van der Waals surface area (Å²) in [6, 6.07) is 4.86. The van der Waals surface area contributed by atoms with Crippen LogP contribution in [0.4, 0.5) is 10.5 Å². The Morgan fingerprint density at radius 1 is 1.26 bits per heavy atom. The Morgan fingerprint density at radius 3 is 2.65 bits per heavy atom. The van der Waals surface area contributed by atoms with Crippen LogP contribution in [-0.2, 0) is 4.79 Å². The van der Waals surface area contributed by atoms with E-state index in [-0.39, 0.29) is 24.5 Å². The third-order valence-electron chi connectivity index (χ3n) is 3.79. The Kier molecular flexibility index (Phi) is 6.52. The van der Waals surface area contributed by atoms with Gasteiger partial charge in [-0.15, -0.1) is 0 Å². The zero-order valence-electron chi connectivity index (χ0n) is 13.2. The lowest BCUT2D eigenvalue weighted by atomic mass is 9.96. The number of nitrogens with one attached hydrogen (secondary N) is 3. The molecule has 1 saturated carbocycles. The van der Waals surface area contributed by atoms with Crippen LogP contribution >= 0.6 is 11.6 Å². The number of anilines is 1. The van der Waals surface area contributed by atoms with Crippen molar-refractivity contribution in [2.75, 3.05) is 19.0 Å². The first kappa shape index (κ1) is 17.4. The van der Waals surface area contributed by atoms with E-state index < -0.39 is 0 Å². The maximum absolute atomic E-state index is 11.8. The summed E-state index contributed by atoms with van der Waals surface area (Å²) < 4.78 is 5.05. The van der Waals surface area contributed by atoms with Crippen molar-refractivity contribution in [3.63, 3.8) is 0 Å². The highest BCUT2D eigenvalue weighted by Gasteiger charge is 2.16. The second-order valence-corrected chi connectivity index (χ2v) is 5.97. The zero-order chi connectivity index (χ0) is 16.7. The summed E-state index contributed by atoms with van der Waals surface area (Å²) in [5, 5.41) is 8.54. The van der Waals surface area contributed by atoms with Gasteiger partial charge in [0.15, 0.2) is 0 Å². The molecule has 0 spiro atoms. The summed E-state index contributed by atoms with van der Waals surface area (Å²) in [7, 11) is 1.52. The van der Waals surface area contributed by atoms with Crippen LogP contribution in [0.1, 0.15) is 32.1 Å². The number of amides is 3. The number of hydrogen-bond acceptors (Lipinski definition) is 3. The van der Waals surface area contributed by atoms with Crippen molar-refractivity contribution in [3.05, 3.63) is 23.2 Å². The number of carbonyl (C=O) groups excluding carboxylic acids is 2. The first-order chi connectivity index (χ1) is 11.1. The molecule has 0 heterocycles. The summed E-state index contributed by atoms with van der Waals surface area (Å²) in [6.07, 6.45) is 5.52. The van der Waals surface area contributed by atoms with Gasteiger partial charge < -0.3 is 20.7 Å². The Bertz CT molecular complexity index is 560. The lowest BCUT2D eigenvalue weighted by Crippen LogP contribution is -2.45. The smallest absolute Gasteiger partial charge is 0.315 e. The molecule has 3 amide bonds. The van der Waals surface area contributed by atoms with Gasteiger partial charge in [0.2, 0.25) is 5.91 Å². The summed E-state index contributed by atoms with van der Waals surface area (Å²) in [5.41, 5.74) is 0.551. The average Bonchev–Trinajstić information content (AvgIpc) is 2.54. The number of carbonyl (C=O) groups is 2. The van der Waals surface area contributed by atoms with Crippen molar-refractivity contribution in [2.45, 2.75) is 38.1 Å². The van der Waals surface area contributed by atoms with E-state index >= 15 is 0 Å². The third-order valence-corrected chi connectivity index (χ3v) is 4.08. The molecule has 6 nitrogen and oxygen atoms in total. The van der Waals surface area contributed by atoms with Gasteiger partial charge in [0, 0.05) is 11.7 Å². The van der Waals surface area contributed by atoms with Crippen LogP contribution in [0.15, 0.2) is 18.2 Å². The second kappa shape index (κ2) is 8.62. The zero-order valence-corrected chi connectivity index (χ0v) is 13.9. The van der Waals surface area contributed by atoms with Gasteiger partial charge in [-0.2, -0.15) is 0 Å². The first-order valence-corrected chi connectivity index (χ1v) is 8.14. The van der Waals surface area contributed by atoms with Crippen LogP contribution in [0.3, 0.4) is 0 Å². The van der Waals surface area contributed by atoms with Gasteiger partial charge in [-0.05, 0) is 31.0 Å². The van der Waals surface area contributed by atoms with E-state index in [1.165, 1.54) is 13.5 Å². The first-order valence-electron chi connectivity index (χ1n) is 7.76. The highest BCUT2D eigenvalue weighted by Crippen LogP contribution is 2.27. The van der Waals surface area contributed by atoms with Crippen LogP contribution in [0.5, 0.6) is 5.75 Å². The fourth-order valence-electron chi connectivity index (χ4n) is 2.59. The maximum Gasteiger partial charge on any atom is 0.315 e. The topological polar surface area (TPSA) is 79.5 Å². The Labute approximate surface area is 140 Å². The van der Waals surface area contributed by atoms with Crippen molar-refractivity contribution < 1.29 is 14.3 Å². The maximum atomic E-state index is 11.8. The fraction of sp³-hybridized carbons (Fsp3) is 0.500. The van der Waals surface area contributed by atoms with Crippen LogP contribution in [0, 0.1) is 0 Å². The molecule has 126 valence electrons. The lowest BCUT2D eigenvalue weighted by Gasteiger charge is -2.22. The van der Waals surface area contributed by atoms with E-state index in [0.717, 1.165) is 25.7 Å². The minimum atomic E-state index is -0.315. The highest BCUT2D eigenvalue weighted by molar-refractivity contribution is 6.32. The molecule has 2 rings (SSSR count). The normalized spacial score (nSPS) is 14.9. The van der Waals surface area contributed by atoms with E-state index in [1.54, 1.807) is 18.2 Å². The molecule has 7 heteroatoms. The van der Waals surface area contributed by atoms with Crippen LogP contribution in [0.2, 0.25) is 5.02 Å². The molecule has 1 aliphatic carbocycles. The molecule has 1 aromatic carbocycles. The molecule has 23 heavy (non-hydrogen) atoms. The summed E-state index contributed by atoms with van der Waals surface area (Å²) in [5.74, 6) is 0.222. The largest absolute Gasteiger partial charge is 0.495 e. The average molecular weight is 340 g/mol.